The Kier molecular flexibility index (Phi) is 6.23. The smallest absolute Gasteiger partial charge is 0.244 e. The summed E-state index contributed by atoms with van der Waals surface area (Å²) < 4.78 is 0. The summed E-state index contributed by atoms with van der Waals surface area (Å²) in [7, 11) is 0. The van der Waals surface area contributed by atoms with Crippen molar-refractivity contribution in [3.05, 3.63) is 59.2 Å². The largest absolute Gasteiger partial charge is 0.508 e. The molecule has 2 rings (SSSR count). The Labute approximate surface area is 146 Å². The molecule has 1 amide bonds. The van der Waals surface area contributed by atoms with Crippen molar-refractivity contribution in [3.8, 4) is 17.2 Å². The van der Waals surface area contributed by atoms with Crippen molar-refractivity contribution in [2.75, 3.05) is 6.54 Å². The number of benzene rings is 2. The molecule has 5 nitrogen and oxygen atoms in total. The minimum atomic E-state index is -0.211. The summed E-state index contributed by atoms with van der Waals surface area (Å²) in [6.07, 6.45) is 7.30. The quantitative estimate of drug-likeness (QED) is 0.479. The summed E-state index contributed by atoms with van der Waals surface area (Å²) >= 11 is 0. The zero-order chi connectivity index (χ0) is 18.2. The van der Waals surface area contributed by atoms with E-state index < -0.39 is 0 Å². The fourth-order valence-electron chi connectivity index (χ4n) is 2.19. The summed E-state index contributed by atoms with van der Waals surface area (Å²) in [5.74, 6) is -0.178. The number of rotatable bonds is 6. The monoisotopic (exact) mass is 339 g/mol. The molecule has 2 aromatic rings. The lowest BCUT2D eigenvalue weighted by Gasteiger charge is -2.02. The zero-order valence-electron chi connectivity index (χ0n) is 13.9. The van der Waals surface area contributed by atoms with Gasteiger partial charge >= 0.3 is 0 Å². The van der Waals surface area contributed by atoms with Crippen molar-refractivity contribution in [1.29, 1.82) is 0 Å². The Bertz CT molecular complexity index is 789. The van der Waals surface area contributed by atoms with Gasteiger partial charge in [-0.2, -0.15) is 0 Å². The molecule has 0 aliphatic rings. The van der Waals surface area contributed by atoms with E-state index >= 15 is 0 Å². The standard InChI is InChI=1S/C20H21NO4/c1-2-9-21-20(25)8-6-16-10-14(5-7-19(16)24)3-4-15-11-17(22)13-18(23)12-15/h3-8,10-13,22-24H,2,9H2,1H3,(H,21,25)/b4-3+,8-6+. The maximum absolute atomic E-state index is 11.6. The molecule has 0 saturated carbocycles. The minimum Gasteiger partial charge on any atom is -0.508 e. The lowest BCUT2D eigenvalue weighted by molar-refractivity contribution is -0.116. The maximum atomic E-state index is 11.6. The number of aromatic hydroxyl groups is 3. The van der Waals surface area contributed by atoms with Gasteiger partial charge in [0, 0.05) is 24.3 Å². The van der Waals surface area contributed by atoms with E-state index in [1.807, 2.05) is 6.92 Å². The van der Waals surface area contributed by atoms with Gasteiger partial charge in [-0.25, -0.2) is 0 Å². The second kappa shape index (κ2) is 8.59. The van der Waals surface area contributed by atoms with Crippen LogP contribution >= 0.6 is 0 Å². The first kappa shape index (κ1) is 18.1. The van der Waals surface area contributed by atoms with Crippen LogP contribution in [-0.2, 0) is 4.79 Å². The van der Waals surface area contributed by atoms with Crippen molar-refractivity contribution < 1.29 is 20.1 Å². The van der Waals surface area contributed by atoms with Gasteiger partial charge in [0.1, 0.15) is 17.2 Å². The third-order valence-corrected chi connectivity index (χ3v) is 3.41. The predicted molar refractivity (Wildman–Crippen MR) is 99.1 cm³/mol. The molecule has 0 aromatic heterocycles. The molecule has 0 unspecified atom stereocenters. The topological polar surface area (TPSA) is 89.8 Å². The summed E-state index contributed by atoms with van der Waals surface area (Å²) in [6, 6.07) is 9.31. The number of amides is 1. The van der Waals surface area contributed by atoms with Crippen molar-refractivity contribution in [1.82, 2.24) is 5.32 Å². The molecular formula is C20H21NO4. The van der Waals surface area contributed by atoms with Crippen LogP contribution in [0, 0.1) is 0 Å². The number of nitrogens with one attached hydrogen (secondary N) is 1. The van der Waals surface area contributed by atoms with Crippen LogP contribution in [0.2, 0.25) is 0 Å². The number of hydrogen-bond donors (Lipinski definition) is 4. The lowest BCUT2D eigenvalue weighted by Crippen LogP contribution is -2.21. The van der Waals surface area contributed by atoms with Crippen LogP contribution in [-0.4, -0.2) is 27.8 Å². The van der Waals surface area contributed by atoms with Gasteiger partial charge in [-0.1, -0.05) is 25.1 Å². The highest BCUT2D eigenvalue weighted by Crippen LogP contribution is 2.24. The molecular weight excluding hydrogens is 318 g/mol. The molecule has 0 radical (unpaired) electrons. The lowest BCUT2D eigenvalue weighted by atomic mass is 10.1. The van der Waals surface area contributed by atoms with Crippen molar-refractivity contribution in [2.45, 2.75) is 13.3 Å². The maximum Gasteiger partial charge on any atom is 0.244 e. The van der Waals surface area contributed by atoms with Crippen LogP contribution < -0.4 is 5.32 Å². The van der Waals surface area contributed by atoms with Gasteiger partial charge in [0.15, 0.2) is 0 Å². The SMILES string of the molecule is CCCNC(=O)/C=C/c1cc(/C=C/c2cc(O)cc(O)c2)ccc1O. The number of hydrogen-bond acceptors (Lipinski definition) is 4. The third-order valence-electron chi connectivity index (χ3n) is 3.41. The van der Waals surface area contributed by atoms with Crippen LogP contribution in [0.5, 0.6) is 17.2 Å². The highest BCUT2D eigenvalue weighted by Gasteiger charge is 2.01. The van der Waals surface area contributed by atoms with Gasteiger partial charge in [0.25, 0.3) is 0 Å². The summed E-state index contributed by atoms with van der Waals surface area (Å²) in [4.78, 5) is 11.6. The Morgan fingerprint density at radius 3 is 2.32 bits per heavy atom. The van der Waals surface area contributed by atoms with Crippen LogP contribution in [0.3, 0.4) is 0 Å². The number of phenols is 3. The molecule has 0 fully saturated rings. The fraction of sp³-hybridized carbons (Fsp3) is 0.150. The summed E-state index contributed by atoms with van der Waals surface area (Å²) in [6.45, 7) is 2.58. The van der Waals surface area contributed by atoms with Gasteiger partial charge in [0.05, 0.1) is 0 Å². The average molecular weight is 339 g/mol. The average Bonchev–Trinajstić information content (AvgIpc) is 2.57. The highest BCUT2D eigenvalue weighted by atomic mass is 16.3. The molecule has 25 heavy (non-hydrogen) atoms. The summed E-state index contributed by atoms with van der Waals surface area (Å²) in [5.41, 5.74) is 1.96. The van der Waals surface area contributed by atoms with Gasteiger partial charge < -0.3 is 20.6 Å². The molecule has 2 aromatic carbocycles. The molecule has 0 aliphatic heterocycles. The normalized spacial score (nSPS) is 11.2. The van der Waals surface area contributed by atoms with Crippen LogP contribution in [0.25, 0.3) is 18.2 Å². The van der Waals surface area contributed by atoms with Gasteiger partial charge in [-0.3, -0.25) is 4.79 Å². The van der Waals surface area contributed by atoms with Crippen molar-refractivity contribution in [2.24, 2.45) is 0 Å². The molecule has 0 heterocycles. The zero-order valence-corrected chi connectivity index (χ0v) is 13.9. The van der Waals surface area contributed by atoms with Crippen LogP contribution in [0.1, 0.15) is 30.0 Å². The molecule has 0 spiro atoms. The molecule has 0 saturated heterocycles. The minimum absolute atomic E-state index is 0.0212. The molecule has 0 atom stereocenters. The van der Waals surface area contributed by atoms with E-state index in [4.69, 9.17) is 0 Å². The highest BCUT2D eigenvalue weighted by molar-refractivity contribution is 5.92. The predicted octanol–water partition coefficient (Wildman–Crippen LogP) is 3.51. The number of carbonyl (C=O) groups is 1. The second-order valence-corrected chi connectivity index (χ2v) is 5.56. The van der Waals surface area contributed by atoms with Crippen molar-refractivity contribution >= 4 is 24.1 Å². The first-order valence-corrected chi connectivity index (χ1v) is 7.98. The van der Waals surface area contributed by atoms with Crippen LogP contribution in [0.4, 0.5) is 0 Å². The summed E-state index contributed by atoms with van der Waals surface area (Å²) in [5, 5.41) is 31.6. The fourth-order valence-corrected chi connectivity index (χ4v) is 2.19. The van der Waals surface area contributed by atoms with E-state index in [0.717, 1.165) is 12.0 Å². The molecule has 4 N–H and O–H groups in total. The van der Waals surface area contributed by atoms with E-state index in [-0.39, 0.29) is 23.2 Å². The Balaban J connectivity index is 2.16. The first-order chi connectivity index (χ1) is 12.0. The molecule has 5 heteroatoms. The molecule has 130 valence electrons. The van der Waals surface area contributed by atoms with E-state index in [9.17, 15) is 20.1 Å². The van der Waals surface area contributed by atoms with E-state index in [1.165, 1.54) is 24.3 Å². The van der Waals surface area contributed by atoms with Gasteiger partial charge in [-0.05, 0) is 47.9 Å². The van der Waals surface area contributed by atoms with Crippen LogP contribution in [0.15, 0.2) is 42.5 Å². The second-order valence-electron chi connectivity index (χ2n) is 5.56. The number of carbonyl (C=O) groups excluding carboxylic acids is 1. The van der Waals surface area contributed by atoms with E-state index in [0.29, 0.717) is 17.7 Å². The first-order valence-electron chi connectivity index (χ1n) is 7.98. The number of phenolic OH excluding ortho intramolecular Hbond substituents is 3. The Morgan fingerprint density at radius 2 is 1.64 bits per heavy atom. The Morgan fingerprint density at radius 1 is 0.960 bits per heavy atom. The Hall–Kier alpha value is -3.21. The van der Waals surface area contributed by atoms with E-state index in [1.54, 1.807) is 36.4 Å². The van der Waals surface area contributed by atoms with E-state index in [2.05, 4.69) is 5.32 Å². The third kappa shape index (κ3) is 5.73. The van der Waals surface area contributed by atoms with Crippen molar-refractivity contribution in [3.63, 3.8) is 0 Å². The molecule has 0 bridgehead atoms. The molecule has 0 aliphatic carbocycles. The van der Waals surface area contributed by atoms with Gasteiger partial charge in [-0.15, -0.1) is 0 Å². The van der Waals surface area contributed by atoms with Gasteiger partial charge in [0.2, 0.25) is 5.91 Å².